The Bertz CT molecular complexity index is 1180. The molecule has 0 bridgehead atoms. The zero-order valence-electron chi connectivity index (χ0n) is 21.3. The third-order valence-electron chi connectivity index (χ3n) is 7.57. The maximum Gasteiger partial charge on any atom is 0.0648 e. The monoisotopic (exact) mass is 528 g/mol. The average molecular weight is 530 g/mol. The standard InChI is InChI=1S/C27H29Br2N/c1-25(2)23-16-15-22(17-24(23)26(3,4)27(25,5)6)30(20-11-7-18(28)8-12-20)21-13-9-19(29)10-14-21/h7-17H,1-6H3/i15D,16D,17D. The lowest BCUT2D eigenvalue weighted by molar-refractivity contribution is 0.125. The maximum absolute atomic E-state index is 9.42. The van der Waals surface area contributed by atoms with Crippen molar-refractivity contribution in [2.75, 3.05) is 4.90 Å². The highest BCUT2D eigenvalue weighted by atomic mass is 79.9. The van der Waals surface area contributed by atoms with Crippen LogP contribution in [0, 0.1) is 5.41 Å². The molecule has 0 amide bonds. The van der Waals surface area contributed by atoms with E-state index in [1.165, 1.54) is 0 Å². The molecule has 0 spiro atoms. The third kappa shape index (κ3) is 3.17. The molecule has 3 heteroatoms. The first kappa shape index (κ1) is 18.0. The van der Waals surface area contributed by atoms with E-state index in [-0.39, 0.29) is 28.3 Å². The lowest BCUT2D eigenvalue weighted by Crippen LogP contribution is -2.42. The predicted molar refractivity (Wildman–Crippen MR) is 136 cm³/mol. The van der Waals surface area contributed by atoms with E-state index in [9.17, 15) is 1.37 Å². The van der Waals surface area contributed by atoms with Crippen molar-refractivity contribution in [3.63, 3.8) is 0 Å². The van der Waals surface area contributed by atoms with E-state index in [2.05, 4.69) is 73.4 Å². The summed E-state index contributed by atoms with van der Waals surface area (Å²) in [5, 5.41) is 0. The van der Waals surface area contributed by atoms with Crippen molar-refractivity contribution in [2.45, 2.75) is 52.4 Å². The summed E-state index contributed by atoms with van der Waals surface area (Å²) >= 11 is 7.02. The van der Waals surface area contributed by atoms with E-state index >= 15 is 0 Å². The van der Waals surface area contributed by atoms with E-state index in [4.69, 9.17) is 2.74 Å². The van der Waals surface area contributed by atoms with Gasteiger partial charge in [0, 0.05) is 26.0 Å². The van der Waals surface area contributed by atoms with Gasteiger partial charge in [0.1, 0.15) is 0 Å². The van der Waals surface area contributed by atoms with Crippen LogP contribution in [0.2, 0.25) is 0 Å². The normalized spacial score (nSPS) is 19.5. The summed E-state index contributed by atoms with van der Waals surface area (Å²) in [5.41, 5.74) is 2.98. The molecule has 30 heavy (non-hydrogen) atoms. The van der Waals surface area contributed by atoms with Crippen molar-refractivity contribution in [2.24, 2.45) is 5.41 Å². The van der Waals surface area contributed by atoms with Crippen LogP contribution in [0.15, 0.2) is 75.6 Å². The Kier molecular flexibility index (Phi) is 4.35. The third-order valence-corrected chi connectivity index (χ3v) is 8.62. The second-order valence-corrected chi connectivity index (χ2v) is 11.5. The van der Waals surface area contributed by atoms with Crippen LogP contribution in [0.4, 0.5) is 17.1 Å². The van der Waals surface area contributed by atoms with E-state index in [1.54, 1.807) is 0 Å². The summed E-state index contributed by atoms with van der Waals surface area (Å²) in [6.07, 6.45) is 0. The number of fused-ring (bicyclic) bond motifs is 1. The summed E-state index contributed by atoms with van der Waals surface area (Å²) in [7, 11) is 0. The molecule has 0 aliphatic heterocycles. The molecule has 0 unspecified atom stereocenters. The van der Waals surface area contributed by atoms with E-state index in [0.717, 1.165) is 31.4 Å². The summed E-state index contributed by atoms with van der Waals surface area (Å²) < 4.78 is 29.5. The fourth-order valence-corrected chi connectivity index (χ4v) is 4.97. The molecule has 4 rings (SSSR count). The topological polar surface area (TPSA) is 3.24 Å². The number of nitrogens with zero attached hydrogens (tertiary/aromatic N) is 1. The number of rotatable bonds is 3. The highest BCUT2D eigenvalue weighted by Gasteiger charge is 2.56. The molecule has 0 N–H and O–H groups in total. The molecule has 0 saturated carbocycles. The van der Waals surface area contributed by atoms with Crippen LogP contribution in [0.25, 0.3) is 0 Å². The molecule has 3 aromatic rings. The van der Waals surface area contributed by atoms with E-state index in [1.807, 2.05) is 53.4 Å². The fourth-order valence-electron chi connectivity index (χ4n) is 4.44. The number of benzene rings is 3. The van der Waals surface area contributed by atoms with Gasteiger partial charge in [0.2, 0.25) is 0 Å². The minimum absolute atomic E-state index is 0.0890. The molecule has 1 nitrogen and oxygen atoms in total. The Morgan fingerprint density at radius 1 is 0.633 bits per heavy atom. The van der Waals surface area contributed by atoms with Crippen molar-refractivity contribution >= 4 is 48.9 Å². The summed E-state index contributed by atoms with van der Waals surface area (Å²) in [5.74, 6) is 0. The zero-order chi connectivity index (χ0) is 24.5. The van der Waals surface area contributed by atoms with Crippen molar-refractivity contribution in [3.8, 4) is 0 Å². The van der Waals surface area contributed by atoms with Gasteiger partial charge in [0.05, 0.1) is 4.11 Å². The van der Waals surface area contributed by atoms with Gasteiger partial charge >= 0.3 is 0 Å². The molecule has 3 aromatic carbocycles. The van der Waals surface area contributed by atoms with Crippen LogP contribution in [-0.4, -0.2) is 0 Å². The quantitative estimate of drug-likeness (QED) is 0.326. The second kappa shape index (κ2) is 7.24. The molecule has 0 atom stereocenters. The van der Waals surface area contributed by atoms with Crippen molar-refractivity contribution in [1.29, 1.82) is 0 Å². The van der Waals surface area contributed by atoms with Gasteiger partial charge in [-0.2, -0.15) is 0 Å². The van der Waals surface area contributed by atoms with Gasteiger partial charge in [-0.3, -0.25) is 0 Å². The molecular weight excluding hydrogens is 498 g/mol. The van der Waals surface area contributed by atoms with E-state index in [0.29, 0.717) is 11.7 Å². The first-order valence-corrected chi connectivity index (χ1v) is 11.8. The molecular formula is C27H29Br2N. The van der Waals surface area contributed by atoms with Crippen LogP contribution >= 0.6 is 31.9 Å². The Morgan fingerprint density at radius 2 is 1.07 bits per heavy atom. The van der Waals surface area contributed by atoms with Crippen molar-refractivity contribution < 1.29 is 4.11 Å². The minimum Gasteiger partial charge on any atom is -0.310 e. The van der Waals surface area contributed by atoms with Gasteiger partial charge in [-0.1, -0.05) is 79.4 Å². The maximum atomic E-state index is 9.42. The molecule has 0 aromatic heterocycles. The number of hydrogen-bond donors (Lipinski definition) is 0. The zero-order valence-corrected chi connectivity index (χ0v) is 21.5. The summed E-state index contributed by atoms with van der Waals surface area (Å²) in [6, 6.07) is 16.4. The largest absolute Gasteiger partial charge is 0.310 e. The summed E-state index contributed by atoms with van der Waals surface area (Å²) in [6.45, 7) is 13.1. The average Bonchev–Trinajstić information content (AvgIpc) is 2.85. The lowest BCUT2D eigenvalue weighted by atomic mass is 9.59. The fraction of sp³-hybridized carbons (Fsp3) is 0.333. The second-order valence-electron chi connectivity index (χ2n) is 9.64. The molecule has 156 valence electrons. The predicted octanol–water partition coefficient (Wildman–Crippen LogP) is 9.28. The molecule has 1 aliphatic carbocycles. The summed E-state index contributed by atoms with van der Waals surface area (Å²) in [4.78, 5) is 1.94. The van der Waals surface area contributed by atoms with Gasteiger partial charge in [-0.05, 0) is 88.0 Å². The van der Waals surface area contributed by atoms with E-state index < -0.39 is 0 Å². The van der Waals surface area contributed by atoms with Crippen LogP contribution in [0.3, 0.4) is 0 Å². The van der Waals surface area contributed by atoms with Crippen LogP contribution in [-0.2, 0) is 10.8 Å². The lowest BCUT2D eigenvalue weighted by Gasteiger charge is -2.44. The van der Waals surface area contributed by atoms with Crippen LogP contribution < -0.4 is 4.90 Å². The van der Waals surface area contributed by atoms with Crippen molar-refractivity contribution in [1.82, 2.24) is 0 Å². The SMILES string of the molecule is [2H]c1c([2H])c2c(c([2H])c1N(c1ccc(Br)cc1)c1ccc(Br)cc1)C(C)(C)C(C)(C)C2(C)C. The van der Waals surface area contributed by atoms with Crippen molar-refractivity contribution in [3.05, 3.63) is 86.7 Å². The van der Waals surface area contributed by atoms with Gasteiger partial charge in [0.15, 0.2) is 0 Å². The number of halogens is 2. The van der Waals surface area contributed by atoms with Crippen LogP contribution in [0.1, 0.15) is 56.8 Å². The Labute approximate surface area is 202 Å². The first-order valence-electron chi connectivity index (χ1n) is 11.7. The highest BCUT2D eigenvalue weighted by Crippen LogP contribution is 2.62. The first-order chi connectivity index (χ1) is 15.2. The highest BCUT2D eigenvalue weighted by molar-refractivity contribution is 9.10. The molecule has 1 aliphatic rings. The Balaban J connectivity index is 2.10. The Hall–Kier alpha value is -1.58. The molecule has 0 saturated heterocycles. The number of hydrogen-bond acceptors (Lipinski definition) is 1. The minimum atomic E-state index is -0.341. The van der Waals surface area contributed by atoms with Gasteiger partial charge in [0.25, 0.3) is 0 Å². The molecule has 0 fully saturated rings. The van der Waals surface area contributed by atoms with Gasteiger partial charge in [-0.15, -0.1) is 0 Å². The smallest absolute Gasteiger partial charge is 0.0648 e. The van der Waals surface area contributed by atoms with Crippen LogP contribution in [0.5, 0.6) is 0 Å². The molecule has 0 heterocycles. The molecule has 0 radical (unpaired) electrons. The van der Waals surface area contributed by atoms with Gasteiger partial charge in [-0.25, -0.2) is 0 Å². The number of anilines is 3. The Morgan fingerprint density at radius 3 is 1.53 bits per heavy atom. The van der Waals surface area contributed by atoms with Gasteiger partial charge < -0.3 is 4.90 Å².